The maximum Gasteiger partial charge on any atom is 0.254 e. The monoisotopic (exact) mass is 369 g/mol. The van der Waals surface area contributed by atoms with E-state index in [0.717, 1.165) is 19.3 Å². The molecule has 1 aliphatic rings. The van der Waals surface area contributed by atoms with Crippen molar-refractivity contribution in [3.63, 3.8) is 0 Å². The molecule has 1 fully saturated rings. The minimum absolute atomic E-state index is 0.0700. The van der Waals surface area contributed by atoms with Crippen molar-refractivity contribution in [2.24, 2.45) is 0 Å². The third-order valence-corrected chi connectivity index (χ3v) is 4.48. The number of amides is 2. The number of hydrogen-bond acceptors (Lipinski definition) is 5. The van der Waals surface area contributed by atoms with Gasteiger partial charge in [0.15, 0.2) is 11.6 Å². The zero-order chi connectivity index (χ0) is 19.2. The van der Waals surface area contributed by atoms with E-state index in [9.17, 15) is 9.59 Å². The van der Waals surface area contributed by atoms with Gasteiger partial charge in [-0.3, -0.25) is 14.7 Å². The minimum Gasteiger partial charge on any atom is -0.377 e. The van der Waals surface area contributed by atoms with Gasteiger partial charge in [-0.05, 0) is 49.6 Å². The van der Waals surface area contributed by atoms with Gasteiger partial charge in [0.1, 0.15) is 6.61 Å². The van der Waals surface area contributed by atoms with Gasteiger partial charge in [0.05, 0.1) is 6.04 Å². The Hall–Kier alpha value is -3.00. The number of nitrogens with zero attached hydrogens (tertiary/aromatic N) is 3. The first-order chi connectivity index (χ1) is 13.1. The summed E-state index contributed by atoms with van der Waals surface area (Å²) in [6.45, 7) is 4.43. The molecule has 8 nitrogen and oxygen atoms in total. The number of rotatable bonds is 6. The number of carbonyl (C=O) groups excluding carboxylic acids is 2. The Morgan fingerprint density at radius 1 is 1.37 bits per heavy atom. The molecule has 0 spiro atoms. The molecule has 1 aromatic carbocycles. The second-order valence-corrected chi connectivity index (χ2v) is 6.35. The lowest BCUT2D eigenvalue weighted by atomic mass is 10.00. The number of aromatic amines is 1. The minimum atomic E-state index is -0.290. The molecule has 2 aromatic rings. The molecule has 0 aliphatic carbocycles. The molecule has 0 bridgehead atoms. The summed E-state index contributed by atoms with van der Waals surface area (Å²) in [5.74, 6) is 0.902. The van der Waals surface area contributed by atoms with Crippen LogP contribution in [0.4, 0.5) is 5.69 Å². The fraction of sp³-hybridized carbons (Fsp3) is 0.368. The van der Waals surface area contributed by atoms with Crippen LogP contribution in [0, 0.1) is 0 Å². The highest BCUT2D eigenvalue weighted by atomic mass is 16.5. The number of methoxy groups -OCH3 is 1. The Morgan fingerprint density at radius 2 is 2.15 bits per heavy atom. The van der Waals surface area contributed by atoms with Crippen molar-refractivity contribution in [1.82, 2.24) is 20.1 Å². The lowest BCUT2D eigenvalue weighted by Gasteiger charge is -2.34. The van der Waals surface area contributed by atoms with Crippen LogP contribution >= 0.6 is 0 Å². The summed E-state index contributed by atoms with van der Waals surface area (Å²) in [6, 6.07) is 6.67. The fourth-order valence-corrected chi connectivity index (χ4v) is 3.16. The highest BCUT2D eigenvalue weighted by Gasteiger charge is 2.31. The van der Waals surface area contributed by atoms with Crippen LogP contribution in [0.25, 0.3) is 0 Å². The van der Waals surface area contributed by atoms with E-state index in [4.69, 9.17) is 4.74 Å². The van der Waals surface area contributed by atoms with Crippen LogP contribution in [0.5, 0.6) is 0 Å². The van der Waals surface area contributed by atoms with E-state index >= 15 is 0 Å². The summed E-state index contributed by atoms with van der Waals surface area (Å²) in [5, 5.41) is 9.80. The van der Waals surface area contributed by atoms with Gasteiger partial charge in [-0.1, -0.05) is 6.58 Å². The van der Waals surface area contributed by atoms with Crippen LogP contribution < -0.4 is 5.32 Å². The first-order valence-corrected chi connectivity index (χ1v) is 8.87. The number of anilines is 1. The molecule has 2 amide bonds. The van der Waals surface area contributed by atoms with Gasteiger partial charge in [-0.2, -0.15) is 5.10 Å². The number of nitrogens with one attached hydrogen (secondary N) is 2. The molecule has 3 rings (SSSR count). The fourth-order valence-electron chi connectivity index (χ4n) is 3.16. The molecule has 1 saturated heterocycles. The molecule has 1 aromatic heterocycles. The molecule has 2 N–H and O–H groups in total. The molecule has 1 atom stereocenters. The Labute approximate surface area is 157 Å². The van der Waals surface area contributed by atoms with E-state index in [-0.39, 0.29) is 17.9 Å². The molecule has 0 saturated carbocycles. The molecular weight excluding hydrogens is 346 g/mol. The van der Waals surface area contributed by atoms with Gasteiger partial charge in [0, 0.05) is 24.9 Å². The van der Waals surface area contributed by atoms with Crippen LogP contribution in [0.15, 0.2) is 36.9 Å². The smallest absolute Gasteiger partial charge is 0.254 e. The number of aromatic nitrogens is 3. The zero-order valence-electron chi connectivity index (χ0n) is 15.3. The molecule has 2 heterocycles. The molecule has 1 aliphatic heterocycles. The third-order valence-electron chi connectivity index (χ3n) is 4.48. The van der Waals surface area contributed by atoms with E-state index in [0.29, 0.717) is 36.1 Å². The first-order valence-electron chi connectivity index (χ1n) is 8.87. The predicted octanol–water partition coefficient (Wildman–Crippen LogP) is 2.44. The molecule has 0 radical (unpaired) electrons. The average Bonchev–Trinajstić information content (AvgIpc) is 3.17. The van der Waals surface area contributed by atoms with Gasteiger partial charge in [-0.25, -0.2) is 4.98 Å². The summed E-state index contributed by atoms with van der Waals surface area (Å²) >= 11 is 0. The summed E-state index contributed by atoms with van der Waals surface area (Å²) in [7, 11) is 1.60. The summed E-state index contributed by atoms with van der Waals surface area (Å²) in [5.41, 5.74) is 1.18. The number of ether oxygens (including phenoxy) is 1. The van der Waals surface area contributed by atoms with Crippen molar-refractivity contribution < 1.29 is 14.3 Å². The molecule has 8 heteroatoms. The highest BCUT2D eigenvalue weighted by molar-refractivity contribution is 5.99. The Kier molecular flexibility index (Phi) is 5.97. The summed E-state index contributed by atoms with van der Waals surface area (Å²) in [6.07, 6.45) is 4.00. The largest absolute Gasteiger partial charge is 0.377 e. The standard InChI is InChI=1S/C19H23N5O3/c1-3-17(25)20-14-9-7-13(8-10-14)19(26)24-11-5-4-6-15(24)18-21-16(12-27-2)22-23-18/h3,7-10,15H,1,4-6,11-12H2,2H3,(H,20,25)(H,21,22,23). The van der Waals surface area contributed by atoms with Gasteiger partial charge in [-0.15, -0.1) is 0 Å². The maximum absolute atomic E-state index is 13.0. The van der Waals surface area contributed by atoms with Crippen molar-refractivity contribution in [2.45, 2.75) is 31.9 Å². The number of piperidine rings is 1. The van der Waals surface area contributed by atoms with Crippen LogP contribution in [0.1, 0.15) is 47.3 Å². The SMILES string of the molecule is C=CC(=O)Nc1ccc(C(=O)N2CCCCC2c2n[nH]c(COC)n2)cc1. The first kappa shape index (κ1) is 18.8. The number of H-pyrrole nitrogens is 1. The average molecular weight is 369 g/mol. The molecular formula is C19H23N5O3. The van der Waals surface area contributed by atoms with Crippen LogP contribution in [0.3, 0.4) is 0 Å². The topological polar surface area (TPSA) is 100 Å². The lowest BCUT2D eigenvalue weighted by molar-refractivity contribution is -0.111. The predicted molar refractivity (Wildman–Crippen MR) is 100.0 cm³/mol. The quantitative estimate of drug-likeness (QED) is 0.762. The number of benzene rings is 1. The maximum atomic E-state index is 13.0. The van der Waals surface area contributed by atoms with Gasteiger partial charge in [0.2, 0.25) is 5.91 Å². The van der Waals surface area contributed by atoms with Crippen molar-refractivity contribution in [3.8, 4) is 0 Å². The van der Waals surface area contributed by atoms with Gasteiger partial charge < -0.3 is 15.0 Å². The van der Waals surface area contributed by atoms with Crippen LogP contribution in [0.2, 0.25) is 0 Å². The van der Waals surface area contributed by atoms with Crippen molar-refractivity contribution in [1.29, 1.82) is 0 Å². The van der Waals surface area contributed by atoms with E-state index < -0.39 is 0 Å². The molecule has 27 heavy (non-hydrogen) atoms. The Balaban J connectivity index is 1.76. The van der Waals surface area contributed by atoms with Gasteiger partial charge >= 0.3 is 0 Å². The van der Waals surface area contributed by atoms with Crippen molar-refractivity contribution >= 4 is 17.5 Å². The normalized spacial score (nSPS) is 16.8. The van der Waals surface area contributed by atoms with Gasteiger partial charge in [0.25, 0.3) is 5.91 Å². The molecule has 142 valence electrons. The second-order valence-electron chi connectivity index (χ2n) is 6.35. The molecule has 1 unspecified atom stereocenters. The van der Waals surface area contributed by atoms with E-state index in [1.54, 1.807) is 31.4 Å². The number of carbonyl (C=O) groups is 2. The number of hydrogen-bond donors (Lipinski definition) is 2. The van der Waals surface area contributed by atoms with Crippen molar-refractivity contribution in [2.75, 3.05) is 19.0 Å². The third kappa shape index (κ3) is 4.40. The van der Waals surface area contributed by atoms with E-state index in [1.807, 2.05) is 4.90 Å². The van der Waals surface area contributed by atoms with Crippen LogP contribution in [-0.2, 0) is 16.1 Å². The Morgan fingerprint density at radius 3 is 2.85 bits per heavy atom. The summed E-state index contributed by atoms with van der Waals surface area (Å²) in [4.78, 5) is 30.7. The Bertz CT molecular complexity index is 815. The van der Waals surface area contributed by atoms with E-state index in [1.165, 1.54) is 6.08 Å². The zero-order valence-corrected chi connectivity index (χ0v) is 15.3. The second kappa shape index (κ2) is 8.59. The van der Waals surface area contributed by atoms with Crippen LogP contribution in [-0.4, -0.2) is 45.6 Å². The lowest BCUT2D eigenvalue weighted by Crippen LogP contribution is -2.39. The highest BCUT2D eigenvalue weighted by Crippen LogP contribution is 2.30. The van der Waals surface area contributed by atoms with E-state index in [2.05, 4.69) is 27.1 Å². The summed E-state index contributed by atoms with van der Waals surface area (Å²) < 4.78 is 5.07. The number of likely N-dealkylation sites (tertiary alicyclic amines) is 1. The van der Waals surface area contributed by atoms with Crippen molar-refractivity contribution in [3.05, 3.63) is 54.1 Å².